The number of nitriles is 1. The van der Waals surface area contributed by atoms with Crippen molar-refractivity contribution in [3.05, 3.63) is 0 Å². The molecule has 0 saturated carbocycles. The summed E-state index contributed by atoms with van der Waals surface area (Å²) in [5.41, 5.74) is 0. The van der Waals surface area contributed by atoms with Crippen LogP contribution in [0.5, 0.6) is 0 Å². The van der Waals surface area contributed by atoms with Gasteiger partial charge in [-0.25, -0.2) is 0 Å². The van der Waals surface area contributed by atoms with Crippen molar-refractivity contribution in [3.8, 4) is 6.07 Å². The molecule has 7 heteroatoms. The molecule has 0 spiro atoms. The second kappa shape index (κ2) is 17.3. The van der Waals surface area contributed by atoms with Crippen LogP contribution < -0.4 is 0 Å². The van der Waals surface area contributed by atoms with Gasteiger partial charge in [0.05, 0.1) is 58.9 Å². The van der Waals surface area contributed by atoms with Crippen LogP contribution in [-0.2, 0) is 28.4 Å². The maximum absolute atomic E-state index is 8.61. The van der Waals surface area contributed by atoms with Crippen molar-refractivity contribution >= 4 is 0 Å². The SMILES string of the molecule is COCCOCCOC(CCC#N)OCCOCCOC. The topological polar surface area (TPSA) is 79.2 Å². The van der Waals surface area contributed by atoms with Crippen LogP contribution in [0.15, 0.2) is 0 Å². The van der Waals surface area contributed by atoms with Crippen molar-refractivity contribution in [2.24, 2.45) is 0 Å². The Hall–Kier alpha value is -0.750. The van der Waals surface area contributed by atoms with Crippen molar-refractivity contribution in [1.29, 1.82) is 5.26 Å². The number of hydrogen-bond acceptors (Lipinski definition) is 7. The minimum Gasteiger partial charge on any atom is -0.382 e. The predicted molar refractivity (Wildman–Crippen MR) is 75.9 cm³/mol. The van der Waals surface area contributed by atoms with Crippen molar-refractivity contribution in [2.45, 2.75) is 19.1 Å². The normalized spacial score (nSPS) is 11.0. The Morgan fingerprint density at radius 3 is 1.67 bits per heavy atom. The molecule has 7 nitrogen and oxygen atoms in total. The van der Waals surface area contributed by atoms with Gasteiger partial charge in [0.25, 0.3) is 0 Å². The summed E-state index contributed by atoms with van der Waals surface area (Å²) in [6, 6.07) is 2.08. The van der Waals surface area contributed by atoms with E-state index >= 15 is 0 Å². The van der Waals surface area contributed by atoms with Crippen molar-refractivity contribution in [3.63, 3.8) is 0 Å². The zero-order valence-corrected chi connectivity index (χ0v) is 13.0. The molecule has 0 rings (SSSR count). The Morgan fingerprint density at radius 2 is 1.24 bits per heavy atom. The molecule has 0 fully saturated rings. The van der Waals surface area contributed by atoms with Gasteiger partial charge in [-0.15, -0.1) is 0 Å². The van der Waals surface area contributed by atoms with Gasteiger partial charge >= 0.3 is 0 Å². The molecule has 124 valence electrons. The minimum atomic E-state index is -0.401. The lowest BCUT2D eigenvalue weighted by atomic mass is 10.3. The number of hydrogen-bond donors (Lipinski definition) is 0. The molecule has 0 aromatic heterocycles. The van der Waals surface area contributed by atoms with E-state index in [1.807, 2.05) is 0 Å². The van der Waals surface area contributed by atoms with Gasteiger partial charge in [0.2, 0.25) is 0 Å². The number of methoxy groups -OCH3 is 2. The second-order valence-corrected chi connectivity index (χ2v) is 4.08. The fourth-order valence-corrected chi connectivity index (χ4v) is 1.36. The Labute approximate surface area is 127 Å². The summed E-state index contributed by atoms with van der Waals surface area (Å²) in [5, 5.41) is 8.61. The third-order valence-electron chi connectivity index (χ3n) is 2.42. The molecule has 0 heterocycles. The fourth-order valence-electron chi connectivity index (χ4n) is 1.36. The fraction of sp³-hybridized carbons (Fsp3) is 0.929. The van der Waals surface area contributed by atoms with Gasteiger partial charge in [0.1, 0.15) is 0 Å². The molecule has 0 bridgehead atoms. The number of rotatable bonds is 16. The van der Waals surface area contributed by atoms with Crippen LogP contribution in [0.3, 0.4) is 0 Å². The van der Waals surface area contributed by atoms with Crippen LogP contribution in [-0.4, -0.2) is 73.4 Å². The molecule has 0 saturated heterocycles. The van der Waals surface area contributed by atoms with E-state index in [-0.39, 0.29) is 0 Å². The summed E-state index contributed by atoms with van der Waals surface area (Å²) in [4.78, 5) is 0. The van der Waals surface area contributed by atoms with Gasteiger partial charge in [0.15, 0.2) is 6.29 Å². The molecule has 21 heavy (non-hydrogen) atoms. The lowest BCUT2D eigenvalue weighted by Gasteiger charge is -2.17. The summed E-state index contributed by atoms with van der Waals surface area (Å²) in [7, 11) is 3.25. The molecule has 0 aromatic carbocycles. The highest BCUT2D eigenvalue weighted by atomic mass is 16.7. The molecule has 0 radical (unpaired) electrons. The van der Waals surface area contributed by atoms with E-state index in [0.29, 0.717) is 65.7 Å². The highest BCUT2D eigenvalue weighted by Crippen LogP contribution is 2.04. The van der Waals surface area contributed by atoms with Gasteiger partial charge in [-0.05, 0) is 0 Å². The van der Waals surface area contributed by atoms with Gasteiger partial charge in [0, 0.05) is 27.1 Å². The van der Waals surface area contributed by atoms with Crippen molar-refractivity contribution in [2.75, 3.05) is 67.1 Å². The van der Waals surface area contributed by atoms with E-state index in [0.717, 1.165) is 0 Å². The van der Waals surface area contributed by atoms with Crippen molar-refractivity contribution < 1.29 is 28.4 Å². The molecule has 0 aliphatic heterocycles. The van der Waals surface area contributed by atoms with Crippen LogP contribution >= 0.6 is 0 Å². The van der Waals surface area contributed by atoms with E-state index < -0.39 is 6.29 Å². The zero-order chi connectivity index (χ0) is 15.6. The smallest absolute Gasteiger partial charge is 0.158 e. The Morgan fingerprint density at radius 1 is 0.762 bits per heavy atom. The molecule has 0 aromatic rings. The summed E-state index contributed by atoms with van der Waals surface area (Å²) in [6.45, 7) is 3.99. The molecule has 0 unspecified atom stereocenters. The van der Waals surface area contributed by atoms with Gasteiger partial charge in [-0.1, -0.05) is 0 Å². The third kappa shape index (κ3) is 15.5. The third-order valence-corrected chi connectivity index (χ3v) is 2.42. The molecule has 0 aliphatic rings. The molecular weight excluding hydrogens is 278 g/mol. The van der Waals surface area contributed by atoms with E-state index in [2.05, 4.69) is 6.07 Å². The van der Waals surface area contributed by atoms with Crippen LogP contribution in [0.2, 0.25) is 0 Å². The van der Waals surface area contributed by atoms with Crippen LogP contribution in [0.25, 0.3) is 0 Å². The molecule has 0 amide bonds. The van der Waals surface area contributed by atoms with Gasteiger partial charge in [-0.2, -0.15) is 5.26 Å². The van der Waals surface area contributed by atoms with Crippen LogP contribution in [0.1, 0.15) is 12.8 Å². The first kappa shape index (κ1) is 20.2. The van der Waals surface area contributed by atoms with Crippen LogP contribution in [0.4, 0.5) is 0 Å². The highest BCUT2D eigenvalue weighted by molar-refractivity contribution is 4.69. The van der Waals surface area contributed by atoms with E-state index in [4.69, 9.17) is 33.7 Å². The first-order valence-electron chi connectivity index (χ1n) is 7.08. The Kier molecular flexibility index (Phi) is 16.7. The Bertz CT molecular complexity index is 230. The quantitative estimate of drug-likeness (QED) is 0.310. The van der Waals surface area contributed by atoms with E-state index in [1.54, 1.807) is 14.2 Å². The van der Waals surface area contributed by atoms with E-state index in [9.17, 15) is 0 Å². The lowest BCUT2D eigenvalue weighted by Crippen LogP contribution is -2.22. The second-order valence-electron chi connectivity index (χ2n) is 4.08. The summed E-state index contributed by atoms with van der Waals surface area (Å²) in [5.74, 6) is 0. The maximum Gasteiger partial charge on any atom is 0.158 e. The molecule has 0 N–H and O–H groups in total. The lowest BCUT2D eigenvalue weighted by molar-refractivity contribution is -0.161. The predicted octanol–water partition coefficient (Wildman–Crippen LogP) is 0.975. The molecule has 0 atom stereocenters. The van der Waals surface area contributed by atoms with Gasteiger partial charge in [-0.3, -0.25) is 0 Å². The highest BCUT2D eigenvalue weighted by Gasteiger charge is 2.09. The first-order chi connectivity index (χ1) is 10.3. The first-order valence-corrected chi connectivity index (χ1v) is 7.08. The summed E-state index contributed by atoms with van der Waals surface area (Å²) in [6.07, 6.45) is 0.522. The van der Waals surface area contributed by atoms with Crippen LogP contribution in [0, 0.1) is 11.3 Å². The number of ether oxygens (including phenoxy) is 6. The molecule has 0 aliphatic carbocycles. The Balaban J connectivity index is 3.59. The van der Waals surface area contributed by atoms with E-state index in [1.165, 1.54) is 0 Å². The summed E-state index contributed by atoms with van der Waals surface area (Å²) >= 11 is 0. The summed E-state index contributed by atoms with van der Waals surface area (Å²) < 4.78 is 31.4. The molecular formula is C14H27NO6. The zero-order valence-electron chi connectivity index (χ0n) is 13.0. The standard InChI is InChI=1S/C14H27NO6/c1-16-6-8-18-10-12-20-14(4-3-5-15)21-13-11-19-9-7-17-2/h14H,3-4,6-13H2,1-2H3. The largest absolute Gasteiger partial charge is 0.382 e. The maximum atomic E-state index is 8.61. The number of nitrogens with zero attached hydrogens (tertiary/aromatic N) is 1. The average Bonchev–Trinajstić information content (AvgIpc) is 2.50. The monoisotopic (exact) mass is 305 g/mol. The average molecular weight is 305 g/mol. The minimum absolute atomic E-state index is 0.389. The van der Waals surface area contributed by atoms with Crippen molar-refractivity contribution in [1.82, 2.24) is 0 Å². The van der Waals surface area contributed by atoms with Gasteiger partial charge < -0.3 is 28.4 Å².